The Hall–Kier alpha value is -3.42. The number of hydrogen-bond acceptors (Lipinski definition) is 6. The molecule has 0 unspecified atom stereocenters. The lowest BCUT2D eigenvalue weighted by Crippen LogP contribution is -2.31. The quantitative estimate of drug-likeness (QED) is 0.421. The number of esters is 1. The summed E-state index contributed by atoms with van der Waals surface area (Å²) in [5.74, 6) is -0.512. The molecule has 0 aliphatic heterocycles. The van der Waals surface area contributed by atoms with Crippen LogP contribution in [0.15, 0.2) is 48.5 Å². The predicted molar refractivity (Wildman–Crippen MR) is 103 cm³/mol. The number of hydrogen-bond donors (Lipinski definition) is 1. The van der Waals surface area contributed by atoms with Crippen LogP contribution in [0.25, 0.3) is 0 Å². The van der Waals surface area contributed by atoms with Crippen molar-refractivity contribution >= 4 is 23.3 Å². The van der Waals surface area contributed by atoms with Crippen molar-refractivity contribution in [3.05, 3.63) is 64.2 Å². The summed E-state index contributed by atoms with van der Waals surface area (Å²) in [7, 11) is 0. The first kappa shape index (κ1) is 20.9. The number of nitro groups is 1. The Morgan fingerprint density at radius 2 is 1.64 bits per heavy atom. The van der Waals surface area contributed by atoms with E-state index in [1.54, 1.807) is 12.1 Å². The SMILES string of the molecule is CC(C)c1ccc(NC(=O)[C@@H](C)OC(=O)COc2ccc([N+](=O)[O-])cc2)cc1. The number of benzene rings is 2. The number of nitrogens with one attached hydrogen (secondary N) is 1. The first-order chi connectivity index (χ1) is 13.3. The van der Waals surface area contributed by atoms with Crippen LogP contribution in [0.4, 0.5) is 11.4 Å². The summed E-state index contributed by atoms with van der Waals surface area (Å²) in [6.45, 7) is 5.20. The Bertz CT molecular complexity index is 831. The van der Waals surface area contributed by atoms with Crippen LogP contribution < -0.4 is 10.1 Å². The average Bonchev–Trinajstić information content (AvgIpc) is 2.67. The number of carbonyl (C=O) groups is 2. The maximum absolute atomic E-state index is 12.1. The smallest absolute Gasteiger partial charge is 0.344 e. The fourth-order valence-electron chi connectivity index (χ4n) is 2.29. The molecule has 0 bridgehead atoms. The fourth-order valence-corrected chi connectivity index (χ4v) is 2.29. The summed E-state index contributed by atoms with van der Waals surface area (Å²) >= 11 is 0. The van der Waals surface area contributed by atoms with Crippen molar-refractivity contribution in [1.82, 2.24) is 0 Å². The van der Waals surface area contributed by atoms with E-state index >= 15 is 0 Å². The van der Waals surface area contributed by atoms with Gasteiger partial charge < -0.3 is 14.8 Å². The molecule has 0 fully saturated rings. The van der Waals surface area contributed by atoms with Crippen molar-refractivity contribution < 1.29 is 24.0 Å². The molecule has 0 radical (unpaired) electrons. The second-order valence-corrected chi connectivity index (χ2v) is 6.44. The van der Waals surface area contributed by atoms with Gasteiger partial charge in [0.2, 0.25) is 0 Å². The number of non-ortho nitro benzene ring substituents is 1. The molecule has 0 aromatic heterocycles. The van der Waals surface area contributed by atoms with Crippen LogP contribution in [-0.2, 0) is 14.3 Å². The minimum Gasteiger partial charge on any atom is -0.482 e. The van der Waals surface area contributed by atoms with Crippen LogP contribution in [0.2, 0.25) is 0 Å². The van der Waals surface area contributed by atoms with E-state index in [0.29, 0.717) is 11.6 Å². The van der Waals surface area contributed by atoms with Gasteiger partial charge in [-0.2, -0.15) is 0 Å². The second kappa shape index (κ2) is 9.50. The van der Waals surface area contributed by atoms with Gasteiger partial charge in [-0.05, 0) is 42.7 Å². The van der Waals surface area contributed by atoms with Gasteiger partial charge in [-0.25, -0.2) is 4.79 Å². The molecule has 8 heteroatoms. The van der Waals surface area contributed by atoms with E-state index < -0.39 is 29.5 Å². The number of carbonyl (C=O) groups excluding carboxylic acids is 2. The maximum Gasteiger partial charge on any atom is 0.344 e. The summed E-state index contributed by atoms with van der Waals surface area (Å²) in [5, 5.41) is 13.3. The van der Waals surface area contributed by atoms with E-state index in [0.717, 1.165) is 5.56 Å². The molecule has 2 aromatic carbocycles. The number of nitrogens with zero attached hydrogens (tertiary/aromatic N) is 1. The second-order valence-electron chi connectivity index (χ2n) is 6.44. The third-order valence-corrected chi connectivity index (χ3v) is 3.93. The Morgan fingerprint density at radius 1 is 1.04 bits per heavy atom. The molecule has 1 amide bonds. The normalized spacial score (nSPS) is 11.6. The van der Waals surface area contributed by atoms with Gasteiger partial charge in [0.1, 0.15) is 5.75 Å². The van der Waals surface area contributed by atoms with E-state index in [4.69, 9.17) is 9.47 Å². The summed E-state index contributed by atoms with van der Waals surface area (Å²) < 4.78 is 10.3. The Kier molecular flexibility index (Phi) is 7.08. The Balaban J connectivity index is 1.80. The zero-order chi connectivity index (χ0) is 20.7. The largest absolute Gasteiger partial charge is 0.482 e. The van der Waals surface area contributed by atoms with Crippen LogP contribution in [0, 0.1) is 10.1 Å². The third-order valence-electron chi connectivity index (χ3n) is 3.93. The Labute approximate surface area is 162 Å². The van der Waals surface area contributed by atoms with E-state index in [1.165, 1.54) is 31.2 Å². The molecule has 1 N–H and O–H groups in total. The van der Waals surface area contributed by atoms with Gasteiger partial charge in [-0.1, -0.05) is 26.0 Å². The number of anilines is 1. The first-order valence-corrected chi connectivity index (χ1v) is 8.74. The zero-order valence-electron chi connectivity index (χ0n) is 15.9. The first-order valence-electron chi connectivity index (χ1n) is 8.74. The molecular weight excluding hydrogens is 364 g/mol. The molecule has 1 atom stereocenters. The predicted octanol–water partition coefficient (Wildman–Crippen LogP) is 3.67. The highest BCUT2D eigenvalue weighted by Crippen LogP contribution is 2.18. The van der Waals surface area contributed by atoms with Crippen molar-refractivity contribution in [2.45, 2.75) is 32.8 Å². The number of rotatable bonds is 8. The van der Waals surface area contributed by atoms with Crippen molar-refractivity contribution in [2.24, 2.45) is 0 Å². The van der Waals surface area contributed by atoms with Crippen molar-refractivity contribution in [1.29, 1.82) is 0 Å². The zero-order valence-corrected chi connectivity index (χ0v) is 15.9. The minimum absolute atomic E-state index is 0.0818. The topological polar surface area (TPSA) is 108 Å². The lowest BCUT2D eigenvalue weighted by atomic mass is 10.0. The van der Waals surface area contributed by atoms with E-state index in [1.807, 2.05) is 12.1 Å². The molecule has 0 spiro atoms. The average molecular weight is 386 g/mol. The van der Waals surface area contributed by atoms with Crippen LogP contribution in [0.3, 0.4) is 0 Å². The summed E-state index contributed by atoms with van der Waals surface area (Å²) in [6.07, 6.45) is -1.00. The van der Waals surface area contributed by atoms with Gasteiger partial charge >= 0.3 is 5.97 Å². The van der Waals surface area contributed by atoms with Crippen LogP contribution in [-0.4, -0.2) is 29.5 Å². The monoisotopic (exact) mass is 386 g/mol. The van der Waals surface area contributed by atoms with Gasteiger partial charge in [0.05, 0.1) is 4.92 Å². The van der Waals surface area contributed by atoms with Crippen LogP contribution in [0.5, 0.6) is 5.75 Å². The maximum atomic E-state index is 12.1. The molecule has 148 valence electrons. The number of amides is 1. The molecule has 0 aliphatic carbocycles. The van der Waals surface area contributed by atoms with Crippen LogP contribution >= 0.6 is 0 Å². The molecular formula is C20H22N2O6. The van der Waals surface area contributed by atoms with Crippen molar-refractivity contribution in [3.8, 4) is 5.75 Å². The molecule has 8 nitrogen and oxygen atoms in total. The number of nitro benzene ring substituents is 1. The van der Waals surface area contributed by atoms with Gasteiger partial charge in [-0.15, -0.1) is 0 Å². The lowest BCUT2D eigenvalue weighted by molar-refractivity contribution is -0.384. The standard InChI is InChI=1S/C20H22N2O6/c1-13(2)15-4-6-16(7-5-15)21-20(24)14(3)28-19(23)12-27-18-10-8-17(9-11-18)22(25)26/h4-11,13-14H,12H2,1-3H3,(H,21,24)/t14-/m1/s1. The summed E-state index contributed by atoms with van der Waals surface area (Å²) in [4.78, 5) is 34.1. The highest BCUT2D eigenvalue weighted by atomic mass is 16.6. The Morgan fingerprint density at radius 3 is 2.18 bits per heavy atom. The van der Waals surface area contributed by atoms with Crippen LogP contribution in [0.1, 0.15) is 32.3 Å². The molecule has 0 aliphatic rings. The summed E-state index contributed by atoms with van der Waals surface area (Å²) in [5.41, 5.74) is 1.68. The van der Waals surface area contributed by atoms with Gasteiger partial charge in [0.25, 0.3) is 11.6 Å². The highest BCUT2D eigenvalue weighted by molar-refractivity contribution is 5.95. The molecule has 2 aromatic rings. The molecule has 2 rings (SSSR count). The van der Waals surface area contributed by atoms with E-state index in [2.05, 4.69) is 19.2 Å². The fraction of sp³-hybridized carbons (Fsp3) is 0.300. The lowest BCUT2D eigenvalue weighted by Gasteiger charge is -2.14. The van der Waals surface area contributed by atoms with Gasteiger partial charge in [0, 0.05) is 17.8 Å². The van der Waals surface area contributed by atoms with Gasteiger partial charge in [0.15, 0.2) is 12.7 Å². The van der Waals surface area contributed by atoms with E-state index in [9.17, 15) is 19.7 Å². The van der Waals surface area contributed by atoms with E-state index in [-0.39, 0.29) is 11.4 Å². The van der Waals surface area contributed by atoms with Gasteiger partial charge in [-0.3, -0.25) is 14.9 Å². The molecule has 0 heterocycles. The summed E-state index contributed by atoms with van der Waals surface area (Å²) in [6, 6.07) is 12.7. The van der Waals surface area contributed by atoms with Crippen molar-refractivity contribution in [2.75, 3.05) is 11.9 Å². The molecule has 0 saturated carbocycles. The third kappa shape index (κ3) is 6.08. The molecule has 28 heavy (non-hydrogen) atoms. The van der Waals surface area contributed by atoms with Crippen molar-refractivity contribution in [3.63, 3.8) is 0 Å². The molecule has 0 saturated heterocycles. The minimum atomic E-state index is -1.00. The highest BCUT2D eigenvalue weighted by Gasteiger charge is 2.18. The number of ether oxygens (including phenoxy) is 2.